The van der Waals surface area contributed by atoms with Crippen molar-refractivity contribution in [3.8, 4) is 0 Å². The van der Waals surface area contributed by atoms with Gasteiger partial charge in [-0.25, -0.2) is 0 Å². The Kier molecular flexibility index (Phi) is 3.78. The van der Waals surface area contributed by atoms with Crippen LogP contribution in [0.25, 0.3) is 0 Å². The van der Waals surface area contributed by atoms with E-state index in [1.54, 1.807) is 0 Å². The van der Waals surface area contributed by atoms with E-state index in [-0.39, 0.29) is 5.91 Å². The Labute approximate surface area is 102 Å². The Morgan fingerprint density at radius 1 is 1.41 bits per heavy atom. The normalized spacial score (nSPS) is 16.4. The maximum absolute atomic E-state index is 11.9. The van der Waals surface area contributed by atoms with Gasteiger partial charge in [0, 0.05) is 18.8 Å². The highest BCUT2D eigenvalue weighted by molar-refractivity contribution is 5.96. The summed E-state index contributed by atoms with van der Waals surface area (Å²) >= 11 is 0. The van der Waals surface area contributed by atoms with Crippen molar-refractivity contribution in [1.29, 1.82) is 0 Å². The summed E-state index contributed by atoms with van der Waals surface area (Å²) in [6.07, 6.45) is 2.57. The van der Waals surface area contributed by atoms with Crippen LogP contribution in [0.2, 0.25) is 0 Å². The number of nitrogens with zero attached hydrogens (tertiary/aromatic N) is 2. The molecule has 0 spiro atoms. The van der Waals surface area contributed by atoms with Crippen molar-refractivity contribution >= 4 is 5.91 Å². The lowest BCUT2D eigenvalue weighted by atomic mass is 10.2. The number of aromatic amines is 1. The summed E-state index contributed by atoms with van der Waals surface area (Å²) in [6, 6.07) is 0. The van der Waals surface area contributed by atoms with Gasteiger partial charge in [-0.15, -0.1) is 0 Å². The second kappa shape index (κ2) is 5.31. The molecule has 0 radical (unpaired) electrons. The molecule has 2 heterocycles. The summed E-state index contributed by atoms with van der Waals surface area (Å²) in [5.74, 6) is -0.0204. The molecule has 0 bridgehead atoms. The molecular weight excluding hydrogens is 216 g/mol. The SMILES string of the molecule is Cc1n[nH]c(C)c1C(=O)NCCN1CCCC1. The Hall–Kier alpha value is -1.36. The number of likely N-dealkylation sites (tertiary alicyclic amines) is 1. The molecule has 1 aromatic rings. The topological polar surface area (TPSA) is 61.0 Å². The highest BCUT2D eigenvalue weighted by Gasteiger charge is 2.15. The molecule has 0 saturated carbocycles. The van der Waals surface area contributed by atoms with E-state index in [1.807, 2.05) is 13.8 Å². The largest absolute Gasteiger partial charge is 0.351 e. The summed E-state index contributed by atoms with van der Waals surface area (Å²) in [6.45, 7) is 7.71. The van der Waals surface area contributed by atoms with Gasteiger partial charge in [-0.05, 0) is 39.8 Å². The van der Waals surface area contributed by atoms with E-state index in [1.165, 1.54) is 25.9 Å². The van der Waals surface area contributed by atoms with E-state index < -0.39 is 0 Å². The summed E-state index contributed by atoms with van der Waals surface area (Å²) in [4.78, 5) is 14.3. The van der Waals surface area contributed by atoms with Crippen molar-refractivity contribution in [2.75, 3.05) is 26.2 Å². The minimum atomic E-state index is -0.0204. The molecule has 1 fully saturated rings. The molecule has 5 nitrogen and oxygen atoms in total. The highest BCUT2D eigenvalue weighted by Crippen LogP contribution is 2.09. The Balaban J connectivity index is 1.81. The van der Waals surface area contributed by atoms with E-state index in [0.717, 1.165) is 17.9 Å². The zero-order valence-corrected chi connectivity index (χ0v) is 10.5. The van der Waals surface area contributed by atoms with Crippen LogP contribution in [0.4, 0.5) is 0 Å². The summed E-state index contributed by atoms with van der Waals surface area (Å²) in [5, 5.41) is 9.81. The van der Waals surface area contributed by atoms with Gasteiger partial charge in [-0.3, -0.25) is 9.89 Å². The van der Waals surface area contributed by atoms with Gasteiger partial charge < -0.3 is 10.2 Å². The van der Waals surface area contributed by atoms with Gasteiger partial charge in [-0.2, -0.15) is 5.10 Å². The zero-order valence-electron chi connectivity index (χ0n) is 10.5. The van der Waals surface area contributed by atoms with Crippen molar-refractivity contribution < 1.29 is 4.79 Å². The number of H-pyrrole nitrogens is 1. The van der Waals surface area contributed by atoms with Gasteiger partial charge in [0.1, 0.15) is 0 Å². The molecule has 0 aromatic carbocycles. The summed E-state index contributed by atoms with van der Waals surface area (Å²) in [7, 11) is 0. The lowest BCUT2D eigenvalue weighted by Gasteiger charge is -2.14. The molecule has 2 rings (SSSR count). The Bertz CT molecular complexity index is 374. The van der Waals surface area contributed by atoms with Crippen LogP contribution in [0, 0.1) is 13.8 Å². The van der Waals surface area contributed by atoms with E-state index in [4.69, 9.17) is 0 Å². The maximum atomic E-state index is 11.9. The van der Waals surface area contributed by atoms with Crippen LogP contribution in [0.5, 0.6) is 0 Å². The summed E-state index contributed by atoms with van der Waals surface area (Å²) in [5.41, 5.74) is 2.29. The molecule has 0 atom stereocenters. The molecular formula is C12H20N4O. The molecule has 0 unspecified atom stereocenters. The molecule has 1 aliphatic heterocycles. The smallest absolute Gasteiger partial charge is 0.255 e. The second-order valence-electron chi connectivity index (χ2n) is 4.61. The van der Waals surface area contributed by atoms with Crippen molar-refractivity contribution in [2.24, 2.45) is 0 Å². The maximum Gasteiger partial charge on any atom is 0.255 e. The average molecular weight is 236 g/mol. The number of rotatable bonds is 4. The fraction of sp³-hybridized carbons (Fsp3) is 0.667. The van der Waals surface area contributed by atoms with Crippen LogP contribution in [-0.2, 0) is 0 Å². The van der Waals surface area contributed by atoms with Crippen LogP contribution >= 0.6 is 0 Å². The average Bonchev–Trinajstić information content (AvgIpc) is 2.89. The quantitative estimate of drug-likeness (QED) is 0.815. The first-order valence-electron chi connectivity index (χ1n) is 6.20. The third-order valence-corrected chi connectivity index (χ3v) is 3.27. The molecule has 17 heavy (non-hydrogen) atoms. The lowest BCUT2D eigenvalue weighted by molar-refractivity contribution is 0.0948. The number of aromatic nitrogens is 2. The van der Waals surface area contributed by atoms with Crippen molar-refractivity contribution in [1.82, 2.24) is 20.4 Å². The molecule has 1 aliphatic rings. The monoisotopic (exact) mass is 236 g/mol. The number of carbonyl (C=O) groups excluding carboxylic acids is 1. The number of carbonyl (C=O) groups is 1. The lowest BCUT2D eigenvalue weighted by Crippen LogP contribution is -2.33. The van der Waals surface area contributed by atoms with E-state index >= 15 is 0 Å². The third-order valence-electron chi connectivity index (χ3n) is 3.27. The minimum absolute atomic E-state index is 0.0204. The molecule has 1 saturated heterocycles. The van der Waals surface area contributed by atoms with Gasteiger partial charge in [0.25, 0.3) is 5.91 Å². The van der Waals surface area contributed by atoms with Crippen LogP contribution in [0.3, 0.4) is 0 Å². The van der Waals surface area contributed by atoms with Gasteiger partial charge in [0.05, 0.1) is 11.3 Å². The number of hydrogen-bond donors (Lipinski definition) is 2. The standard InChI is InChI=1S/C12H20N4O/c1-9-11(10(2)15-14-9)12(17)13-5-8-16-6-3-4-7-16/h3-8H2,1-2H3,(H,13,17)(H,14,15). The Morgan fingerprint density at radius 3 is 2.71 bits per heavy atom. The van der Waals surface area contributed by atoms with Gasteiger partial charge >= 0.3 is 0 Å². The fourth-order valence-corrected chi connectivity index (χ4v) is 2.31. The van der Waals surface area contributed by atoms with E-state index in [2.05, 4.69) is 20.4 Å². The number of aryl methyl sites for hydroxylation is 2. The van der Waals surface area contributed by atoms with Gasteiger partial charge in [-0.1, -0.05) is 0 Å². The zero-order chi connectivity index (χ0) is 12.3. The fourth-order valence-electron chi connectivity index (χ4n) is 2.31. The first kappa shape index (κ1) is 12.1. The third kappa shape index (κ3) is 2.85. The molecule has 0 aliphatic carbocycles. The molecule has 2 N–H and O–H groups in total. The van der Waals surface area contributed by atoms with E-state index in [9.17, 15) is 4.79 Å². The van der Waals surface area contributed by atoms with Crippen LogP contribution < -0.4 is 5.32 Å². The molecule has 1 amide bonds. The van der Waals surface area contributed by atoms with Crippen LogP contribution in [0.1, 0.15) is 34.6 Å². The number of hydrogen-bond acceptors (Lipinski definition) is 3. The molecule has 5 heteroatoms. The van der Waals surface area contributed by atoms with Crippen LogP contribution in [-0.4, -0.2) is 47.2 Å². The van der Waals surface area contributed by atoms with Crippen molar-refractivity contribution in [3.05, 3.63) is 17.0 Å². The predicted molar refractivity (Wildman–Crippen MR) is 66.1 cm³/mol. The molecule has 1 aromatic heterocycles. The van der Waals surface area contributed by atoms with Crippen molar-refractivity contribution in [3.63, 3.8) is 0 Å². The predicted octanol–water partition coefficient (Wildman–Crippen LogP) is 0.852. The second-order valence-corrected chi connectivity index (χ2v) is 4.61. The minimum Gasteiger partial charge on any atom is -0.351 e. The van der Waals surface area contributed by atoms with Gasteiger partial charge in [0.15, 0.2) is 0 Å². The van der Waals surface area contributed by atoms with Crippen LogP contribution in [0.15, 0.2) is 0 Å². The first-order valence-corrected chi connectivity index (χ1v) is 6.20. The van der Waals surface area contributed by atoms with Gasteiger partial charge in [0.2, 0.25) is 0 Å². The first-order chi connectivity index (χ1) is 8.18. The van der Waals surface area contributed by atoms with Crippen molar-refractivity contribution in [2.45, 2.75) is 26.7 Å². The molecule has 94 valence electrons. The number of amides is 1. The highest BCUT2D eigenvalue weighted by atomic mass is 16.1. The summed E-state index contributed by atoms with van der Waals surface area (Å²) < 4.78 is 0. The van der Waals surface area contributed by atoms with E-state index in [0.29, 0.717) is 12.1 Å². The Morgan fingerprint density at radius 2 is 2.12 bits per heavy atom. The number of nitrogens with one attached hydrogen (secondary N) is 2.